The van der Waals surface area contributed by atoms with E-state index in [1.165, 1.54) is 0 Å². The Labute approximate surface area is 97.1 Å². The van der Waals surface area contributed by atoms with Gasteiger partial charge in [-0.3, -0.25) is 4.79 Å². The van der Waals surface area contributed by atoms with Crippen LogP contribution in [0.15, 0.2) is 0 Å². The molecule has 0 aromatic heterocycles. The minimum atomic E-state index is -3.63. The minimum absolute atomic E-state index is 0.320. The van der Waals surface area contributed by atoms with E-state index in [1.54, 1.807) is 0 Å². The van der Waals surface area contributed by atoms with E-state index in [0.717, 1.165) is 13.4 Å². The summed E-state index contributed by atoms with van der Waals surface area (Å²) in [5.74, 6) is -3.52. The van der Waals surface area contributed by atoms with Gasteiger partial charge >= 0.3 is 11.9 Å². The number of hydrogen-bond donors (Lipinski definition) is 1. The molecule has 1 rings (SSSR count). The van der Waals surface area contributed by atoms with Gasteiger partial charge in [-0.25, -0.2) is 18.0 Å². The largest absolute Gasteiger partial charge is 0.479 e. The number of methoxy groups -OCH3 is 1. The maximum Gasteiger partial charge on any atom is 0.340 e. The van der Waals surface area contributed by atoms with Crippen LogP contribution in [0.3, 0.4) is 0 Å². The van der Waals surface area contributed by atoms with Crippen LogP contribution in [0.2, 0.25) is 0 Å². The van der Waals surface area contributed by atoms with Gasteiger partial charge in [-0.2, -0.15) is 0 Å². The molecular formula is C8H11NO7S. The second-order valence-electron chi connectivity index (χ2n) is 3.55. The average Bonchev–Trinajstić information content (AvgIpc) is 2.18. The van der Waals surface area contributed by atoms with Gasteiger partial charge in [0.25, 0.3) is 0 Å². The molecule has 0 radical (unpaired) electrons. The molecule has 9 heteroatoms. The first-order valence-corrected chi connectivity index (χ1v) is 6.46. The molecule has 96 valence electrons. The predicted octanol–water partition coefficient (Wildman–Crippen LogP) is -1.78. The lowest BCUT2D eigenvalue weighted by molar-refractivity contribution is -0.169. The summed E-state index contributed by atoms with van der Waals surface area (Å²) in [6, 6.07) is -1.92. The van der Waals surface area contributed by atoms with Crippen molar-refractivity contribution in [3.8, 4) is 0 Å². The number of β-lactam (4-membered cyclic amide) rings is 1. The van der Waals surface area contributed by atoms with Crippen molar-refractivity contribution >= 4 is 27.7 Å². The second-order valence-corrected chi connectivity index (χ2v) is 5.76. The first kappa shape index (κ1) is 13.4. The molecule has 0 saturated carbocycles. The maximum absolute atomic E-state index is 11.3. The summed E-state index contributed by atoms with van der Waals surface area (Å²) in [6.45, 7) is 0. The smallest absolute Gasteiger partial charge is 0.340 e. The second kappa shape index (κ2) is 4.32. The Bertz CT molecular complexity index is 468. The minimum Gasteiger partial charge on any atom is -0.479 e. The number of carbonyl (C=O) groups is 3. The normalized spacial score (nSPS) is 21.6. The Morgan fingerprint density at radius 3 is 2.35 bits per heavy atom. The summed E-state index contributed by atoms with van der Waals surface area (Å²) < 4.78 is 26.8. The number of carboxylic acids is 1. The van der Waals surface area contributed by atoms with Crippen molar-refractivity contribution in [3.05, 3.63) is 0 Å². The number of esters is 1. The van der Waals surface area contributed by atoms with Gasteiger partial charge in [0.1, 0.15) is 5.37 Å². The fourth-order valence-corrected chi connectivity index (χ4v) is 2.61. The third-order valence-electron chi connectivity index (χ3n) is 2.38. The van der Waals surface area contributed by atoms with Gasteiger partial charge in [0.05, 0.1) is 13.5 Å². The number of aliphatic carboxylic acids is 1. The van der Waals surface area contributed by atoms with E-state index in [0.29, 0.717) is 4.90 Å². The van der Waals surface area contributed by atoms with Crippen molar-refractivity contribution in [1.82, 2.24) is 4.90 Å². The zero-order chi connectivity index (χ0) is 13.4. The number of carboxylic acid groups (broad SMARTS) is 1. The monoisotopic (exact) mass is 265 g/mol. The van der Waals surface area contributed by atoms with Gasteiger partial charge in [-0.15, -0.1) is 0 Å². The highest BCUT2D eigenvalue weighted by Crippen LogP contribution is 2.27. The summed E-state index contributed by atoms with van der Waals surface area (Å²) in [4.78, 5) is 33.8. The molecule has 1 heterocycles. The molecule has 1 fully saturated rings. The molecular weight excluding hydrogens is 254 g/mol. The van der Waals surface area contributed by atoms with E-state index in [2.05, 4.69) is 4.74 Å². The molecule has 0 aromatic rings. The van der Waals surface area contributed by atoms with Gasteiger partial charge in [0, 0.05) is 6.26 Å². The molecule has 0 aromatic carbocycles. The van der Waals surface area contributed by atoms with Crippen LogP contribution in [-0.4, -0.2) is 61.1 Å². The Hall–Kier alpha value is -1.64. The highest BCUT2D eigenvalue weighted by atomic mass is 32.2. The van der Waals surface area contributed by atoms with Gasteiger partial charge in [0.2, 0.25) is 11.9 Å². The number of carbonyl (C=O) groups excluding carboxylic acids is 2. The van der Waals surface area contributed by atoms with Crippen molar-refractivity contribution in [2.45, 2.75) is 17.8 Å². The summed E-state index contributed by atoms with van der Waals surface area (Å²) in [5, 5.41) is 7.54. The van der Waals surface area contributed by atoms with Crippen molar-refractivity contribution in [2.75, 3.05) is 13.4 Å². The molecule has 8 nitrogen and oxygen atoms in total. The number of hydrogen-bond acceptors (Lipinski definition) is 6. The lowest BCUT2D eigenvalue weighted by atomic mass is 10.1. The summed E-state index contributed by atoms with van der Waals surface area (Å²) in [7, 11) is -2.68. The maximum atomic E-state index is 11.3. The molecule has 2 unspecified atom stereocenters. The van der Waals surface area contributed by atoms with E-state index >= 15 is 0 Å². The number of ether oxygens (including phenoxy) is 1. The Balaban J connectivity index is 3.06. The molecule has 2 atom stereocenters. The zero-order valence-corrected chi connectivity index (χ0v) is 9.93. The molecule has 0 spiro atoms. The third-order valence-corrected chi connectivity index (χ3v) is 3.76. The van der Waals surface area contributed by atoms with Crippen LogP contribution >= 0.6 is 0 Å². The summed E-state index contributed by atoms with van der Waals surface area (Å²) in [6.07, 6.45) is 0.549. The van der Waals surface area contributed by atoms with Crippen LogP contribution in [0.1, 0.15) is 6.42 Å². The molecule has 1 aliphatic heterocycles. The van der Waals surface area contributed by atoms with Crippen LogP contribution in [0.25, 0.3) is 0 Å². The SMILES string of the molecule is COC(=O)C(C(=O)O)N1C(=O)CC1S(C)(=O)=O. The number of nitrogens with zero attached hydrogens (tertiary/aromatic N) is 1. The van der Waals surface area contributed by atoms with Crippen LogP contribution in [-0.2, 0) is 29.0 Å². The third kappa shape index (κ3) is 2.38. The van der Waals surface area contributed by atoms with Gasteiger partial charge < -0.3 is 14.7 Å². The Morgan fingerprint density at radius 2 is 2.06 bits per heavy atom. The van der Waals surface area contributed by atoms with Gasteiger partial charge in [-0.1, -0.05) is 0 Å². The molecule has 17 heavy (non-hydrogen) atoms. The van der Waals surface area contributed by atoms with Crippen LogP contribution in [0.4, 0.5) is 0 Å². The molecule has 1 aliphatic rings. The standard InChI is InChI=1S/C8H11NO7S/c1-16-8(13)6(7(11)12)9-4(10)3-5(9)17(2,14)15/h5-6H,3H2,1-2H3,(H,11,12). The highest BCUT2D eigenvalue weighted by molar-refractivity contribution is 7.91. The fourth-order valence-electron chi connectivity index (χ4n) is 1.51. The summed E-state index contributed by atoms with van der Waals surface area (Å²) >= 11 is 0. The number of sulfone groups is 1. The van der Waals surface area contributed by atoms with Crippen LogP contribution < -0.4 is 0 Å². The topological polar surface area (TPSA) is 118 Å². The average molecular weight is 265 g/mol. The zero-order valence-electron chi connectivity index (χ0n) is 9.11. The number of rotatable bonds is 4. The number of likely N-dealkylation sites (tertiary alicyclic amines) is 1. The van der Waals surface area contributed by atoms with Gasteiger partial charge in [0.15, 0.2) is 9.84 Å². The van der Waals surface area contributed by atoms with Crippen molar-refractivity contribution in [3.63, 3.8) is 0 Å². The van der Waals surface area contributed by atoms with Crippen LogP contribution in [0, 0.1) is 0 Å². The van der Waals surface area contributed by atoms with E-state index in [-0.39, 0.29) is 6.42 Å². The first-order chi connectivity index (χ1) is 7.70. The number of amides is 1. The lowest BCUT2D eigenvalue weighted by Crippen LogP contribution is -2.64. The quantitative estimate of drug-likeness (QED) is 0.362. The Kier molecular flexibility index (Phi) is 3.41. The first-order valence-electron chi connectivity index (χ1n) is 4.50. The highest BCUT2D eigenvalue weighted by Gasteiger charge is 2.52. The van der Waals surface area contributed by atoms with Crippen molar-refractivity contribution in [2.24, 2.45) is 0 Å². The molecule has 1 N–H and O–H groups in total. The summed E-state index contributed by atoms with van der Waals surface area (Å²) in [5.41, 5.74) is 0. The van der Waals surface area contributed by atoms with E-state index in [9.17, 15) is 22.8 Å². The Morgan fingerprint density at radius 1 is 1.53 bits per heavy atom. The fraction of sp³-hybridized carbons (Fsp3) is 0.625. The van der Waals surface area contributed by atoms with E-state index in [1.807, 2.05) is 0 Å². The predicted molar refractivity (Wildman–Crippen MR) is 53.5 cm³/mol. The molecule has 0 bridgehead atoms. The lowest BCUT2D eigenvalue weighted by Gasteiger charge is -2.41. The van der Waals surface area contributed by atoms with Crippen LogP contribution in [0.5, 0.6) is 0 Å². The van der Waals surface area contributed by atoms with Gasteiger partial charge in [-0.05, 0) is 0 Å². The molecule has 1 amide bonds. The van der Waals surface area contributed by atoms with E-state index in [4.69, 9.17) is 5.11 Å². The van der Waals surface area contributed by atoms with Crippen molar-refractivity contribution in [1.29, 1.82) is 0 Å². The van der Waals surface area contributed by atoms with E-state index < -0.39 is 39.1 Å². The van der Waals surface area contributed by atoms with Crippen molar-refractivity contribution < 1.29 is 32.6 Å². The molecule has 0 aliphatic carbocycles. The molecule has 1 saturated heterocycles.